The molecule has 0 saturated heterocycles. The second-order valence-electron chi connectivity index (χ2n) is 4.29. The van der Waals surface area contributed by atoms with E-state index >= 15 is 0 Å². The Hall–Kier alpha value is -2.86. The summed E-state index contributed by atoms with van der Waals surface area (Å²) in [4.78, 5) is 22.5. The molecule has 0 heterocycles. The van der Waals surface area contributed by atoms with Crippen LogP contribution in [-0.2, 0) is 0 Å². The van der Waals surface area contributed by atoms with Gasteiger partial charge >= 0.3 is 5.97 Å². The summed E-state index contributed by atoms with van der Waals surface area (Å²) in [7, 11) is 0. The molecule has 0 saturated carbocycles. The van der Waals surface area contributed by atoms with Crippen molar-refractivity contribution in [1.29, 1.82) is 0 Å². The highest BCUT2D eigenvalue weighted by atomic mass is 35.5. The summed E-state index contributed by atoms with van der Waals surface area (Å²) in [6.07, 6.45) is 1.35. The van der Waals surface area contributed by atoms with Gasteiger partial charge < -0.3 is 10.2 Å². The Morgan fingerprint density at radius 3 is 2.45 bits per heavy atom. The molecule has 22 heavy (non-hydrogen) atoms. The summed E-state index contributed by atoms with van der Waals surface area (Å²) in [5.41, 5.74) is 3.02. The third-order valence-electron chi connectivity index (χ3n) is 2.74. The SMILES string of the molecule is O=C(O)c1ccc(C=NNC(=O)c2cc(Cl)ccc2O)cc1. The van der Waals surface area contributed by atoms with Crippen LogP contribution in [0.3, 0.4) is 0 Å². The van der Waals surface area contributed by atoms with Crippen molar-refractivity contribution in [2.45, 2.75) is 0 Å². The van der Waals surface area contributed by atoms with E-state index in [0.29, 0.717) is 10.6 Å². The number of carbonyl (C=O) groups is 2. The number of aromatic carboxylic acids is 1. The molecule has 0 atom stereocenters. The Morgan fingerprint density at radius 2 is 1.82 bits per heavy atom. The lowest BCUT2D eigenvalue weighted by Crippen LogP contribution is -2.17. The number of amides is 1. The maximum absolute atomic E-state index is 11.8. The molecule has 7 heteroatoms. The van der Waals surface area contributed by atoms with E-state index in [2.05, 4.69) is 10.5 Å². The number of carboxylic acid groups (broad SMARTS) is 1. The van der Waals surface area contributed by atoms with Gasteiger partial charge in [0.2, 0.25) is 0 Å². The van der Waals surface area contributed by atoms with Crippen molar-refractivity contribution in [3.63, 3.8) is 0 Å². The van der Waals surface area contributed by atoms with Crippen LogP contribution in [0.15, 0.2) is 47.6 Å². The van der Waals surface area contributed by atoms with Crippen molar-refractivity contribution in [3.8, 4) is 5.75 Å². The van der Waals surface area contributed by atoms with Gasteiger partial charge in [-0.1, -0.05) is 23.7 Å². The van der Waals surface area contributed by atoms with E-state index < -0.39 is 11.9 Å². The van der Waals surface area contributed by atoms with Crippen LogP contribution >= 0.6 is 11.6 Å². The Labute approximate surface area is 130 Å². The first-order valence-electron chi connectivity index (χ1n) is 6.12. The molecule has 2 aromatic rings. The van der Waals surface area contributed by atoms with Crippen LogP contribution < -0.4 is 5.43 Å². The van der Waals surface area contributed by atoms with Gasteiger partial charge in [0, 0.05) is 5.02 Å². The second kappa shape index (κ2) is 6.73. The van der Waals surface area contributed by atoms with E-state index in [1.54, 1.807) is 12.1 Å². The fourth-order valence-electron chi connectivity index (χ4n) is 1.63. The van der Waals surface area contributed by atoms with Gasteiger partial charge in [-0.3, -0.25) is 4.79 Å². The van der Waals surface area contributed by atoms with Crippen LogP contribution in [0.4, 0.5) is 0 Å². The Balaban J connectivity index is 2.04. The maximum Gasteiger partial charge on any atom is 0.335 e. The number of aromatic hydroxyl groups is 1. The number of phenols is 1. The summed E-state index contributed by atoms with van der Waals surface area (Å²) in [6, 6.07) is 10.0. The Kier molecular flexibility index (Phi) is 4.75. The van der Waals surface area contributed by atoms with Crippen molar-refractivity contribution in [2.75, 3.05) is 0 Å². The number of nitrogens with one attached hydrogen (secondary N) is 1. The van der Waals surface area contributed by atoms with E-state index in [0.717, 1.165) is 0 Å². The molecule has 0 unspecified atom stereocenters. The summed E-state index contributed by atoms with van der Waals surface area (Å²) < 4.78 is 0. The summed E-state index contributed by atoms with van der Waals surface area (Å²) in [5.74, 6) is -1.84. The highest BCUT2D eigenvalue weighted by Crippen LogP contribution is 2.21. The van der Waals surface area contributed by atoms with Crippen LogP contribution in [0.5, 0.6) is 5.75 Å². The fraction of sp³-hybridized carbons (Fsp3) is 0. The smallest absolute Gasteiger partial charge is 0.335 e. The van der Waals surface area contributed by atoms with Crippen LogP contribution in [0.1, 0.15) is 26.3 Å². The van der Waals surface area contributed by atoms with Crippen LogP contribution in [0.2, 0.25) is 5.02 Å². The zero-order valence-electron chi connectivity index (χ0n) is 11.2. The van der Waals surface area contributed by atoms with E-state index in [-0.39, 0.29) is 16.9 Å². The fourth-order valence-corrected chi connectivity index (χ4v) is 1.80. The topological polar surface area (TPSA) is 99.0 Å². The summed E-state index contributed by atoms with van der Waals surface area (Å²) in [5, 5.41) is 22.4. The van der Waals surface area contributed by atoms with Crippen molar-refractivity contribution in [1.82, 2.24) is 5.43 Å². The number of phenolic OH excluding ortho intramolecular Hbond substituents is 1. The minimum Gasteiger partial charge on any atom is -0.507 e. The van der Waals surface area contributed by atoms with Gasteiger partial charge in [-0.05, 0) is 35.9 Å². The standard InChI is InChI=1S/C15H11ClN2O4/c16-11-5-6-13(19)12(7-11)14(20)18-17-8-9-1-3-10(4-2-9)15(21)22/h1-8,19H,(H,18,20)(H,21,22). The van der Waals surface area contributed by atoms with E-state index in [1.807, 2.05) is 0 Å². The molecule has 3 N–H and O–H groups in total. The van der Waals surface area contributed by atoms with E-state index in [4.69, 9.17) is 16.7 Å². The predicted octanol–water partition coefficient (Wildman–Crippen LogP) is 2.51. The molecule has 0 radical (unpaired) electrons. The van der Waals surface area contributed by atoms with Crippen molar-refractivity contribution >= 4 is 29.7 Å². The highest BCUT2D eigenvalue weighted by molar-refractivity contribution is 6.31. The highest BCUT2D eigenvalue weighted by Gasteiger charge is 2.10. The third kappa shape index (κ3) is 3.83. The number of rotatable bonds is 4. The lowest BCUT2D eigenvalue weighted by Gasteiger charge is -2.03. The lowest BCUT2D eigenvalue weighted by molar-refractivity contribution is 0.0696. The minimum atomic E-state index is -1.02. The molecule has 1 amide bonds. The molecular weight excluding hydrogens is 308 g/mol. The maximum atomic E-state index is 11.8. The van der Waals surface area contributed by atoms with Crippen molar-refractivity contribution < 1.29 is 19.8 Å². The summed E-state index contributed by atoms with van der Waals surface area (Å²) >= 11 is 5.75. The normalized spacial score (nSPS) is 10.6. The van der Waals surface area contributed by atoms with Gasteiger partial charge in [0.1, 0.15) is 5.75 Å². The van der Waals surface area contributed by atoms with Gasteiger partial charge in [0.25, 0.3) is 5.91 Å². The molecule has 2 rings (SSSR count). The monoisotopic (exact) mass is 318 g/mol. The van der Waals surface area contributed by atoms with Crippen LogP contribution in [0, 0.1) is 0 Å². The minimum absolute atomic E-state index is 0.00544. The first-order chi connectivity index (χ1) is 10.5. The molecular formula is C15H11ClN2O4. The largest absolute Gasteiger partial charge is 0.507 e. The van der Waals surface area contributed by atoms with Gasteiger partial charge in [0.05, 0.1) is 17.3 Å². The Bertz CT molecular complexity index is 742. The molecule has 0 aromatic heterocycles. The average molecular weight is 319 g/mol. The van der Waals surface area contributed by atoms with E-state index in [1.165, 1.54) is 36.5 Å². The predicted molar refractivity (Wildman–Crippen MR) is 81.6 cm³/mol. The molecule has 112 valence electrons. The number of nitrogens with zero attached hydrogens (tertiary/aromatic N) is 1. The number of carboxylic acids is 1. The number of carbonyl (C=O) groups excluding carboxylic acids is 1. The molecule has 0 aliphatic heterocycles. The zero-order valence-corrected chi connectivity index (χ0v) is 11.9. The molecule has 2 aromatic carbocycles. The quantitative estimate of drug-likeness (QED) is 0.595. The number of halogens is 1. The van der Waals surface area contributed by atoms with Crippen LogP contribution in [-0.4, -0.2) is 28.3 Å². The first-order valence-corrected chi connectivity index (χ1v) is 6.50. The second-order valence-corrected chi connectivity index (χ2v) is 4.72. The van der Waals surface area contributed by atoms with Crippen molar-refractivity contribution in [2.24, 2.45) is 5.10 Å². The van der Waals surface area contributed by atoms with Gasteiger partial charge in [-0.25, -0.2) is 10.2 Å². The van der Waals surface area contributed by atoms with E-state index in [9.17, 15) is 14.7 Å². The Morgan fingerprint density at radius 1 is 1.14 bits per heavy atom. The van der Waals surface area contributed by atoms with Gasteiger partial charge in [-0.2, -0.15) is 5.10 Å². The van der Waals surface area contributed by atoms with Gasteiger partial charge in [0.15, 0.2) is 0 Å². The third-order valence-corrected chi connectivity index (χ3v) is 2.98. The zero-order chi connectivity index (χ0) is 16.1. The van der Waals surface area contributed by atoms with Gasteiger partial charge in [-0.15, -0.1) is 0 Å². The van der Waals surface area contributed by atoms with Crippen molar-refractivity contribution in [3.05, 3.63) is 64.2 Å². The number of benzene rings is 2. The average Bonchev–Trinajstić information content (AvgIpc) is 2.50. The molecule has 0 bridgehead atoms. The molecule has 6 nitrogen and oxygen atoms in total. The number of hydrogen-bond donors (Lipinski definition) is 3. The first kappa shape index (κ1) is 15.5. The molecule has 0 fully saturated rings. The van der Waals surface area contributed by atoms with Crippen LogP contribution in [0.25, 0.3) is 0 Å². The lowest BCUT2D eigenvalue weighted by atomic mass is 10.1. The molecule has 0 aliphatic rings. The number of hydrazone groups is 1. The summed E-state index contributed by atoms with van der Waals surface area (Å²) in [6.45, 7) is 0. The number of hydrogen-bond acceptors (Lipinski definition) is 4. The molecule has 0 spiro atoms. The molecule has 0 aliphatic carbocycles.